The summed E-state index contributed by atoms with van der Waals surface area (Å²) < 4.78 is 52.1. The number of nitrogens with zero attached hydrogens (tertiary/aromatic N) is 4. The first kappa shape index (κ1) is 27.4. The van der Waals surface area contributed by atoms with E-state index in [0.717, 1.165) is 44.0 Å². The van der Waals surface area contributed by atoms with Gasteiger partial charge in [-0.2, -0.15) is 13.2 Å². The highest BCUT2D eigenvalue weighted by Crippen LogP contribution is 2.32. The Bertz CT molecular complexity index is 1330. The molecule has 3 N–H and O–H groups in total. The molecule has 12 heteroatoms. The van der Waals surface area contributed by atoms with E-state index in [2.05, 4.69) is 38.6 Å². The number of nitrogens with one attached hydrogen (secondary N) is 2. The van der Waals surface area contributed by atoms with E-state index < -0.39 is 30.0 Å². The number of halogens is 4. The standard InChI is InChI=1S/C26H30F4N6O2/c1-4-20(33-22-6-5-16(13-31-22)36-9-7-35(8-10-36)15(2)3)23-18-11-17(24(37)32-14-26(28,29)30)19(27)12-21(18)34-25(23)38/h5-6,11-13,15,34,38H,4,7-10,14H2,1-3H3,(H,32,37). The molecule has 1 fully saturated rings. The number of aromatic nitrogens is 2. The fourth-order valence-electron chi connectivity index (χ4n) is 4.52. The predicted octanol–water partition coefficient (Wildman–Crippen LogP) is 4.76. The summed E-state index contributed by atoms with van der Waals surface area (Å²) in [5.74, 6) is -2.14. The van der Waals surface area contributed by atoms with E-state index in [1.807, 2.05) is 6.07 Å². The molecule has 1 aliphatic rings. The topological polar surface area (TPSA) is 96.8 Å². The molecular formula is C26H30F4N6O2. The largest absolute Gasteiger partial charge is 0.494 e. The third-order valence-electron chi connectivity index (χ3n) is 6.58. The Morgan fingerprint density at radius 3 is 2.50 bits per heavy atom. The zero-order valence-electron chi connectivity index (χ0n) is 21.4. The van der Waals surface area contributed by atoms with Crippen molar-refractivity contribution in [1.29, 1.82) is 0 Å². The van der Waals surface area contributed by atoms with Crippen LogP contribution in [0, 0.1) is 5.82 Å². The number of amides is 1. The number of aliphatic imine (C=N–C) groups is 1. The van der Waals surface area contributed by atoms with Gasteiger partial charge in [0.2, 0.25) is 0 Å². The van der Waals surface area contributed by atoms with Crippen molar-refractivity contribution in [3.8, 4) is 5.88 Å². The van der Waals surface area contributed by atoms with Crippen LogP contribution < -0.4 is 10.2 Å². The quantitative estimate of drug-likeness (QED) is 0.300. The number of benzene rings is 1. The van der Waals surface area contributed by atoms with Crippen LogP contribution in [0.3, 0.4) is 0 Å². The Hall–Kier alpha value is -3.67. The molecule has 0 saturated carbocycles. The first-order chi connectivity index (χ1) is 18.0. The highest BCUT2D eigenvalue weighted by molar-refractivity contribution is 6.14. The second kappa shape index (κ2) is 11.0. The number of H-pyrrole nitrogens is 1. The van der Waals surface area contributed by atoms with Crippen molar-refractivity contribution < 1.29 is 27.5 Å². The number of fused-ring (bicyclic) bond motifs is 1. The van der Waals surface area contributed by atoms with Crippen LogP contribution in [0.5, 0.6) is 5.88 Å². The minimum absolute atomic E-state index is 0.173. The minimum atomic E-state index is -4.64. The molecular weight excluding hydrogens is 504 g/mol. The summed E-state index contributed by atoms with van der Waals surface area (Å²) in [6, 6.07) is 6.27. The van der Waals surface area contributed by atoms with E-state index in [9.17, 15) is 27.5 Å². The van der Waals surface area contributed by atoms with E-state index in [-0.39, 0.29) is 22.3 Å². The summed E-state index contributed by atoms with van der Waals surface area (Å²) in [6.07, 6.45) is -2.54. The number of carbonyl (C=O) groups excluding carboxylic acids is 1. The van der Waals surface area contributed by atoms with Crippen LogP contribution in [0.1, 0.15) is 43.1 Å². The second-order valence-electron chi connectivity index (χ2n) is 9.43. The number of pyridine rings is 1. The predicted molar refractivity (Wildman–Crippen MR) is 138 cm³/mol. The highest BCUT2D eigenvalue weighted by atomic mass is 19.4. The van der Waals surface area contributed by atoms with Crippen LogP contribution in [0.15, 0.2) is 35.5 Å². The lowest BCUT2D eigenvalue weighted by Gasteiger charge is -2.37. The molecule has 0 unspecified atom stereocenters. The van der Waals surface area contributed by atoms with E-state index >= 15 is 0 Å². The molecule has 0 aliphatic carbocycles. The van der Waals surface area contributed by atoms with Gasteiger partial charge in [0.15, 0.2) is 11.7 Å². The molecule has 1 aliphatic heterocycles. The molecule has 38 heavy (non-hydrogen) atoms. The number of piperazine rings is 1. The van der Waals surface area contributed by atoms with Gasteiger partial charge in [-0.25, -0.2) is 14.4 Å². The van der Waals surface area contributed by atoms with Gasteiger partial charge in [-0.05, 0) is 44.5 Å². The molecule has 8 nitrogen and oxygen atoms in total. The van der Waals surface area contributed by atoms with Gasteiger partial charge in [-0.15, -0.1) is 0 Å². The molecule has 3 heterocycles. The first-order valence-corrected chi connectivity index (χ1v) is 12.4. The average molecular weight is 535 g/mol. The lowest BCUT2D eigenvalue weighted by atomic mass is 10.0. The Kier molecular flexibility index (Phi) is 7.91. The van der Waals surface area contributed by atoms with Gasteiger partial charge in [0.25, 0.3) is 5.91 Å². The zero-order chi connectivity index (χ0) is 27.6. The van der Waals surface area contributed by atoms with Crippen molar-refractivity contribution in [3.63, 3.8) is 0 Å². The highest BCUT2D eigenvalue weighted by Gasteiger charge is 2.29. The summed E-state index contributed by atoms with van der Waals surface area (Å²) in [5.41, 5.74) is 1.21. The van der Waals surface area contributed by atoms with Crippen molar-refractivity contribution in [2.24, 2.45) is 4.99 Å². The Labute approximate surface area is 217 Å². The summed E-state index contributed by atoms with van der Waals surface area (Å²) >= 11 is 0. The molecule has 0 atom stereocenters. The maximum absolute atomic E-state index is 14.5. The molecule has 4 rings (SSSR count). The maximum Gasteiger partial charge on any atom is 0.405 e. The maximum atomic E-state index is 14.5. The fourth-order valence-corrected chi connectivity index (χ4v) is 4.52. The second-order valence-corrected chi connectivity index (χ2v) is 9.43. The number of hydrogen-bond acceptors (Lipinski definition) is 6. The number of aromatic amines is 1. The number of aromatic hydroxyl groups is 1. The van der Waals surface area contributed by atoms with Gasteiger partial charge >= 0.3 is 6.18 Å². The first-order valence-electron chi connectivity index (χ1n) is 12.4. The van der Waals surface area contributed by atoms with E-state index in [1.54, 1.807) is 24.5 Å². The Balaban J connectivity index is 1.60. The van der Waals surface area contributed by atoms with Crippen molar-refractivity contribution in [2.45, 2.75) is 39.4 Å². The molecule has 1 amide bonds. The molecule has 2 aromatic heterocycles. The van der Waals surface area contributed by atoms with Gasteiger partial charge < -0.3 is 20.3 Å². The number of alkyl halides is 3. The Morgan fingerprint density at radius 2 is 1.92 bits per heavy atom. The summed E-state index contributed by atoms with van der Waals surface area (Å²) in [7, 11) is 0. The van der Waals surface area contributed by atoms with Gasteiger partial charge in [0.1, 0.15) is 12.4 Å². The smallest absolute Gasteiger partial charge is 0.405 e. The fraction of sp³-hybridized carbons (Fsp3) is 0.423. The molecule has 204 valence electrons. The lowest BCUT2D eigenvalue weighted by Crippen LogP contribution is -2.48. The minimum Gasteiger partial charge on any atom is -0.494 e. The molecule has 0 spiro atoms. The molecule has 0 radical (unpaired) electrons. The number of rotatable bonds is 7. The molecule has 3 aromatic rings. The molecule has 0 bridgehead atoms. The summed E-state index contributed by atoms with van der Waals surface area (Å²) in [6.45, 7) is 8.29. The van der Waals surface area contributed by atoms with Crippen LogP contribution in [-0.4, -0.2) is 76.5 Å². The van der Waals surface area contributed by atoms with Crippen molar-refractivity contribution in [3.05, 3.63) is 47.4 Å². The summed E-state index contributed by atoms with van der Waals surface area (Å²) in [4.78, 5) is 28.6. The third kappa shape index (κ3) is 6.07. The average Bonchev–Trinajstić information content (AvgIpc) is 3.19. The zero-order valence-corrected chi connectivity index (χ0v) is 21.4. The lowest BCUT2D eigenvalue weighted by molar-refractivity contribution is -0.123. The summed E-state index contributed by atoms with van der Waals surface area (Å²) in [5, 5.41) is 12.5. The number of hydrogen-bond donors (Lipinski definition) is 3. The van der Waals surface area contributed by atoms with Crippen LogP contribution in [0.4, 0.5) is 29.1 Å². The molecule has 1 saturated heterocycles. The van der Waals surface area contributed by atoms with Gasteiger partial charge in [0, 0.05) is 37.6 Å². The Morgan fingerprint density at radius 1 is 1.21 bits per heavy atom. The SMILES string of the molecule is CCC(=Nc1ccc(N2CCN(C(C)C)CC2)cn1)c1c(O)[nH]c2cc(F)c(C(=O)NCC(F)(F)F)cc12. The van der Waals surface area contributed by atoms with Crippen molar-refractivity contribution >= 4 is 34.0 Å². The molecule has 1 aromatic carbocycles. The van der Waals surface area contributed by atoms with Crippen LogP contribution in [0.25, 0.3) is 10.9 Å². The normalized spacial score (nSPS) is 15.5. The number of carbonyl (C=O) groups is 1. The van der Waals surface area contributed by atoms with Gasteiger partial charge in [-0.3, -0.25) is 9.69 Å². The number of anilines is 1. The van der Waals surface area contributed by atoms with Gasteiger partial charge in [0.05, 0.1) is 34.2 Å². The van der Waals surface area contributed by atoms with Crippen molar-refractivity contribution in [2.75, 3.05) is 37.6 Å². The van der Waals surface area contributed by atoms with E-state index in [1.165, 1.54) is 0 Å². The van der Waals surface area contributed by atoms with Crippen molar-refractivity contribution in [1.82, 2.24) is 20.2 Å². The van der Waals surface area contributed by atoms with E-state index in [4.69, 9.17) is 0 Å². The van der Waals surface area contributed by atoms with Crippen LogP contribution in [0.2, 0.25) is 0 Å². The van der Waals surface area contributed by atoms with E-state index in [0.29, 0.717) is 24.0 Å². The monoisotopic (exact) mass is 534 g/mol. The van der Waals surface area contributed by atoms with Gasteiger partial charge in [-0.1, -0.05) is 6.92 Å². The van der Waals surface area contributed by atoms with Crippen LogP contribution in [-0.2, 0) is 0 Å². The third-order valence-corrected chi connectivity index (χ3v) is 6.58. The van der Waals surface area contributed by atoms with Crippen LogP contribution >= 0.6 is 0 Å².